The zero-order chi connectivity index (χ0) is 12.3. The van der Waals surface area contributed by atoms with Crippen molar-refractivity contribution in [3.8, 4) is 0 Å². The highest BCUT2D eigenvalue weighted by Crippen LogP contribution is 2.32. The molecule has 2 N–H and O–H groups in total. The van der Waals surface area contributed by atoms with Crippen molar-refractivity contribution in [2.75, 3.05) is 19.6 Å². The zero-order valence-corrected chi connectivity index (χ0v) is 10.7. The molecule has 0 spiro atoms. The molecule has 2 aliphatic rings. The van der Waals surface area contributed by atoms with Crippen LogP contribution in [0.15, 0.2) is 0 Å². The molecule has 2 rings (SSSR count). The Morgan fingerprint density at radius 1 is 1.41 bits per heavy atom. The van der Waals surface area contributed by atoms with Gasteiger partial charge < -0.3 is 10.4 Å². The molecule has 2 fully saturated rings. The maximum absolute atomic E-state index is 11.3. The minimum absolute atomic E-state index is 0.319. The molecule has 0 radical (unpaired) electrons. The molecule has 0 aromatic rings. The smallest absolute Gasteiger partial charge is 0.322 e. The first kappa shape index (κ1) is 12.8. The van der Waals surface area contributed by atoms with E-state index in [1.54, 1.807) is 0 Å². The first-order chi connectivity index (χ1) is 8.24. The van der Waals surface area contributed by atoms with Crippen LogP contribution in [-0.2, 0) is 4.79 Å². The van der Waals surface area contributed by atoms with Crippen LogP contribution >= 0.6 is 0 Å². The van der Waals surface area contributed by atoms with Crippen LogP contribution in [-0.4, -0.2) is 47.7 Å². The molecule has 4 nitrogen and oxygen atoms in total. The minimum Gasteiger partial charge on any atom is -0.480 e. The molecule has 17 heavy (non-hydrogen) atoms. The van der Waals surface area contributed by atoms with Crippen LogP contribution in [0.25, 0.3) is 0 Å². The predicted molar refractivity (Wildman–Crippen MR) is 67.0 cm³/mol. The van der Waals surface area contributed by atoms with E-state index in [0.717, 1.165) is 13.1 Å². The summed E-state index contributed by atoms with van der Waals surface area (Å²) in [4.78, 5) is 13.6. The zero-order valence-electron chi connectivity index (χ0n) is 10.7. The third-order valence-electron chi connectivity index (χ3n) is 4.39. The molecule has 1 heterocycles. The molecule has 0 aromatic heterocycles. The van der Waals surface area contributed by atoms with Gasteiger partial charge in [0.2, 0.25) is 0 Å². The van der Waals surface area contributed by atoms with Gasteiger partial charge in [-0.15, -0.1) is 0 Å². The van der Waals surface area contributed by atoms with E-state index in [-0.39, 0.29) is 6.04 Å². The Morgan fingerprint density at radius 2 is 2.18 bits per heavy atom. The van der Waals surface area contributed by atoms with Gasteiger partial charge >= 0.3 is 5.97 Å². The Labute approximate surface area is 103 Å². The largest absolute Gasteiger partial charge is 0.480 e. The van der Waals surface area contributed by atoms with Gasteiger partial charge in [-0.25, -0.2) is 0 Å². The third-order valence-corrected chi connectivity index (χ3v) is 4.39. The molecule has 3 unspecified atom stereocenters. The van der Waals surface area contributed by atoms with E-state index in [9.17, 15) is 9.90 Å². The Morgan fingerprint density at radius 3 is 2.88 bits per heavy atom. The molecule has 1 saturated carbocycles. The molecule has 1 aliphatic heterocycles. The van der Waals surface area contributed by atoms with E-state index in [2.05, 4.69) is 17.1 Å². The number of piperazine rings is 1. The number of hydrogen-bond acceptors (Lipinski definition) is 3. The second kappa shape index (κ2) is 5.83. The summed E-state index contributed by atoms with van der Waals surface area (Å²) in [5.74, 6) is 0.0290. The third kappa shape index (κ3) is 2.80. The topological polar surface area (TPSA) is 52.6 Å². The number of nitrogens with one attached hydrogen (secondary N) is 1. The number of aliphatic carboxylic acids is 1. The lowest BCUT2D eigenvalue weighted by atomic mass is 9.81. The highest BCUT2D eigenvalue weighted by molar-refractivity contribution is 5.74. The maximum Gasteiger partial charge on any atom is 0.322 e. The molecule has 98 valence electrons. The first-order valence-corrected chi connectivity index (χ1v) is 6.93. The summed E-state index contributed by atoms with van der Waals surface area (Å²) in [6.45, 7) is 4.65. The van der Waals surface area contributed by atoms with Gasteiger partial charge in [-0.1, -0.05) is 26.2 Å². The van der Waals surface area contributed by atoms with Crippen molar-refractivity contribution in [2.45, 2.75) is 51.1 Å². The molecule has 0 amide bonds. The molecular weight excluding hydrogens is 216 g/mol. The SMILES string of the molecule is CCC1CCCCC1N1CCNCC1C(=O)O. The Kier molecular flexibility index (Phi) is 4.40. The van der Waals surface area contributed by atoms with Crippen molar-refractivity contribution >= 4 is 5.97 Å². The number of nitrogens with zero attached hydrogens (tertiary/aromatic N) is 1. The summed E-state index contributed by atoms with van der Waals surface area (Å²) in [7, 11) is 0. The van der Waals surface area contributed by atoms with Gasteiger partial charge in [0, 0.05) is 25.7 Å². The van der Waals surface area contributed by atoms with Gasteiger partial charge in [0.05, 0.1) is 0 Å². The van der Waals surface area contributed by atoms with Crippen molar-refractivity contribution in [3.63, 3.8) is 0 Å². The minimum atomic E-state index is -0.669. The van der Waals surface area contributed by atoms with Gasteiger partial charge in [-0.05, 0) is 18.8 Å². The summed E-state index contributed by atoms with van der Waals surface area (Å²) in [6.07, 6.45) is 6.22. The van der Waals surface area contributed by atoms with E-state index in [1.165, 1.54) is 32.1 Å². The number of carboxylic acid groups (broad SMARTS) is 1. The predicted octanol–water partition coefficient (Wildman–Crippen LogP) is 1.31. The summed E-state index contributed by atoms with van der Waals surface area (Å²) in [6, 6.07) is 0.179. The number of hydrogen-bond donors (Lipinski definition) is 2. The quantitative estimate of drug-likeness (QED) is 0.781. The fourth-order valence-corrected chi connectivity index (χ4v) is 3.45. The van der Waals surface area contributed by atoms with Crippen LogP contribution in [0.4, 0.5) is 0 Å². The summed E-state index contributed by atoms with van der Waals surface area (Å²) >= 11 is 0. The van der Waals surface area contributed by atoms with Crippen molar-refractivity contribution in [1.29, 1.82) is 0 Å². The molecule has 3 atom stereocenters. The van der Waals surface area contributed by atoms with Crippen molar-refractivity contribution in [1.82, 2.24) is 10.2 Å². The number of rotatable bonds is 3. The van der Waals surface area contributed by atoms with Gasteiger partial charge in [0.25, 0.3) is 0 Å². The monoisotopic (exact) mass is 240 g/mol. The Bertz CT molecular complexity index is 270. The van der Waals surface area contributed by atoms with E-state index >= 15 is 0 Å². The fraction of sp³-hybridized carbons (Fsp3) is 0.923. The number of carboxylic acids is 1. The van der Waals surface area contributed by atoms with Crippen LogP contribution in [0, 0.1) is 5.92 Å². The van der Waals surface area contributed by atoms with E-state index in [4.69, 9.17) is 0 Å². The fourth-order valence-electron chi connectivity index (χ4n) is 3.45. The standard InChI is InChI=1S/C13H24N2O2/c1-2-10-5-3-4-6-11(10)15-8-7-14-9-12(15)13(16)17/h10-12,14H,2-9H2,1H3,(H,16,17). The number of carbonyl (C=O) groups is 1. The van der Waals surface area contributed by atoms with Crippen LogP contribution in [0.5, 0.6) is 0 Å². The normalized spacial score (nSPS) is 35.7. The van der Waals surface area contributed by atoms with E-state index in [0.29, 0.717) is 18.5 Å². The van der Waals surface area contributed by atoms with Crippen molar-refractivity contribution in [2.24, 2.45) is 5.92 Å². The van der Waals surface area contributed by atoms with E-state index in [1.807, 2.05) is 0 Å². The summed E-state index contributed by atoms with van der Waals surface area (Å²) in [5.41, 5.74) is 0. The van der Waals surface area contributed by atoms with Gasteiger partial charge in [-0.2, -0.15) is 0 Å². The lowest BCUT2D eigenvalue weighted by Gasteiger charge is -2.44. The Hall–Kier alpha value is -0.610. The highest BCUT2D eigenvalue weighted by atomic mass is 16.4. The molecule has 0 bridgehead atoms. The van der Waals surface area contributed by atoms with Gasteiger partial charge in [-0.3, -0.25) is 9.69 Å². The Balaban J connectivity index is 2.08. The molecule has 1 aliphatic carbocycles. The summed E-state index contributed by atoms with van der Waals surface area (Å²) < 4.78 is 0. The molecular formula is C13H24N2O2. The van der Waals surface area contributed by atoms with Gasteiger partial charge in [0.1, 0.15) is 6.04 Å². The van der Waals surface area contributed by atoms with Crippen LogP contribution in [0.3, 0.4) is 0 Å². The molecule has 0 aromatic carbocycles. The van der Waals surface area contributed by atoms with Crippen molar-refractivity contribution < 1.29 is 9.90 Å². The lowest BCUT2D eigenvalue weighted by Crippen LogP contribution is -2.60. The van der Waals surface area contributed by atoms with Crippen LogP contribution in [0.2, 0.25) is 0 Å². The average molecular weight is 240 g/mol. The van der Waals surface area contributed by atoms with Crippen LogP contribution < -0.4 is 5.32 Å². The molecule has 1 saturated heterocycles. The van der Waals surface area contributed by atoms with E-state index < -0.39 is 5.97 Å². The summed E-state index contributed by atoms with van der Waals surface area (Å²) in [5, 5.41) is 12.5. The lowest BCUT2D eigenvalue weighted by molar-refractivity contribution is -0.146. The van der Waals surface area contributed by atoms with Crippen LogP contribution in [0.1, 0.15) is 39.0 Å². The second-order valence-corrected chi connectivity index (χ2v) is 5.32. The van der Waals surface area contributed by atoms with Crippen molar-refractivity contribution in [3.05, 3.63) is 0 Å². The first-order valence-electron chi connectivity index (χ1n) is 6.93. The second-order valence-electron chi connectivity index (χ2n) is 5.32. The molecule has 4 heteroatoms. The maximum atomic E-state index is 11.3. The highest BCUT2D eigenvalue weighted by Gasteiger charge is 2.37. The average Bonchev–Trinajstić information content (AvgIpc) is 2.38. The van der Waals surface area contributed by atoms with Gasteiger partial charge in [0.15, 0.2) is 0 Å².